The molecule has 2 rings (SSSR count). The maximum absolute atomic E-state index is 6.08. The fraction of sp³-hybridized carbons (Fsp3) is 0.0909. The van der Waals surface area contributed by atoms with Gasteiger partial charge in [-0.3, -0.25) is 0 Å². The molecule has 0 radical (unpaired) electrons. The van der Waals surface area contributed by atoms with Crippen molar-refractivity contribution in [2.24, 2.45) is 5.73 Å². The Bertz CT molecular complexity index is 411. The third-order valence-corrected chi connectivity index (χ3v) is 3.19. The van der Waals surface area contributed by atoms with Crippen molar-refractivity contribution in [2.45, 2.75) is 6.04 Å². The number of hydrogen-bond acceptors (Lipinski definition) is 2. The van der Waals surface area contributed by atoms with Crippen molar-refractivity contribution < 1.29 is 0 Å². The molecule has 0 saturated heterocycles. The van der Waals surface area contributed by atoms with E-state index in [1.807, 2.05) is 41.1 Å². The van der Waals surface area contributed by atoms with Gasteiger partial charge in [0, 0.05) is 5.02 Å². The molecule has 0 aliphatic rings. The van der Waals surface area contributed by atoms with Crippen LogP contribution in [-0.4, -0.2) is 0 Å². The summed E-state index contributed by atoms with van der Waals surface area (Å²) in [6, 6.07) is 9.60. The molecule has 1 atom stereocenters. The van der Waals surface area contributed by atoms with Gasteiger partial charge in [0.1, 0.15) is 0 Å². The van der Waals surface area contributed by atoms with E-state index in [1.165, 1.54) is 0 Å². The highest BCUT2D eigenvalue weighted by molar-refractivity contribution is 7.08. The summed E-state index contributed by atoms with van der Waals surface area (Å²) in [5.74, 6) is 0. The Morgan fingerprint density at radius 2 is 2.00 bits per heavy atom. The number of nitrogens with two attached hydrogens (primary N) is 1. The van der Waals surface area contributed by atoms with E-state index in [0.29, 0.717) is 0 Å². The Morgan fingerprint density at radius 3 is 2.64 bits per heavy atom. The molecule has 1 aromatic carbocycles. The van der Waals surface area contributed by atoms with Gasteiger partial charge in [0.25, 0.3) is 0 Å². The van der Waals surface area contributed by atoms with Crippen LogP contribution in [0.4, 0.5) is 0 Å². The lowest BCUT2D eigenvalue weighted by molar-refractivity contribution is 0.877. The van der Waals surface area contributed by atoms with Crippen molar-refractivity contribution in [1.82, 2.24) is 0 Å². The Kier molecular flexibility index (Phi) is 2.87. The summed E-state index contributed by atoms with van der Waals surface area (Å²) in [6.45, 7) is 0. The van der Waals surface area contributed by atoms with Gasteiger partial charge >= 0.3 is 0 Å². The summed E-state index contributed by atoms with van der Waals surface area (Å²) in [6.07, 6.45) is 0. The zero-order valence-electron chi connectivity index (χ0n) is 7.48. The minimum Gasteiger partial charge on any atom is -0.320 e. The lowest BCUT2D eigenvalue weighted by Gasteiger charge is -2.11. The fourth-order valence-electron chi connectivity index (χ4n) is 1.36. The number of benzene rings is 1. The molecule has 72 valence electrons. The van der Waals surface area contributed by atoms with Crippen LogP contribution >= 0.6 is 22.9 Å². The van der Waals surface area contributed by atoms with E-state index in [4.69, 9.17) is 17.3 Å². The first-order valence-corrected chi connectivity index (χ1v) is 5.63. The van der Waals surface area contributed by atoms with Crippen LogP contribution in [0.2, 0.25) is 5.02 Å². The second kappa shape index (κ2) is 4.13. The highest BCUT2D eigenvalue weighted by Crippen LogP contribution is 2.27. The molecule has 2 aromatic rings. The molecule has 0 bridgehead atoms. The quantitative estimate of drug-likeness (QED) is 0.829. The Balaban J connectivity index is 2.37. The summed E-state index contributed by atoms with van der Waals surface area (Å²) in [7, 11) is 0. The summed E-state index contributed by atoms with van der Waals surface area (Å²) in [4.78, 5) is 0. The van der Waals surface area contributed by atoms with Crippen molar-refractivity contribution in [3.8, 4) is 0 Å². The molecule has 1 nitrogen and oxygen atoms in total. The summed E-state index contributed by atoms with van der Waals surface area (Å²) in [5.41, 5.74) is 8.18. The van der Waals surface area contributed by atoms with Gasteiger partial charge in [-0.05, 0) is 34.0 Å². The van der Waals surface area contributed by atoms with Gasteiger partial charge in [0.05, 0.1) is 6.04 Å². The van der Waals surface area contributed by atoms with Crippen LogP contribution in [0.3, 0.4) is 0 Å². The van der Waals surface area contributed by atoms with Crippen LogP contribution in [0.15, 0.2) is 41.1 Å². The Morgan fingerprint density at radius 1 is 1.21 bits per heavy atom. The molecule has 1 aromatic heterocycles. The predicted octanol–water partition coefficient (Wildman–Crippen LogP) is 3.45. The number of halogens is 1. The third kappa shape index (κ3) is 1.82. The summed E-state index contributed by atoms with van der Waals surface area (Å²) in [5, 5.41) is 4.80. The van der Waals surface area contributed by atoms with Crippen LogP contribution in [0.1, 0.15) is 17.2 Å². The first-order chi connectivity index (χ1) is 6.79. The average Bonchev–Trinajstić information content (AvgIpc) is 2.70. The van der Waals surface area contributed by atoms with E-state index in [9.17, 15) is 0 Å². The maximum Gasteiger partial charge on any atom is 0.0574 e. The number of rotatable bonds is 2. The molecular formula is C11H10ClNS. The minimum atomic E-state index is -0.116. The minimum absolute atomic E-state index is 0.116. The van der Waals surface area contributed by atoms with Gasteiger partial charge in [0.15, 0.2) is 0 Å². The SMILES string of the molecule is N[C@@H](c1ccsc1)c1ccccc1Cl. The van der Waals surface area contributed by atoms with Crippen LogP contribution in [0.25, 0.3) is 0 Å². The second-order valence-electron chi connectivity index (χ2n) is 3.06. The fourth-order valence-corrected chi connectivity index (χ4v) is 2.31. The van der Waals surface area contributed by atoms with Gasteiger partial charge in [-0.15, -0.1) is 0 Å². The molecule has 0 spiro atoms. The normalized spacial score (nSPS) is 12.7. The zero-order chi connectivity index (χ0) is 9.97. The number of hydrogen-bond donors (Lipinski definition) is 1. The van der Waals surface area contributed by atoms with Gasteiger partial charge in [0.2, 0.25) is 0 Å². The Hall–Kier alpha value is -0.830. The van der Waals surface area contributed by atoms with Crippen LogP contribution in [0, 0.1) is 0 Å². The molecule has 3 heteroatoms. The summed E-state index contributed by atoms with van der Waals surface area (Å²) < 4.78 is 0. The molecular weight excluding hydrogens is 214 g/mol. The lowest BCUT2D eigenvalue weighted by atomic mass is 10.0. The smallest absolute Gasteiger partial charge is 0.0574 e. The summed E-state index contributed by atoms with van der Waals surface area (Å²) >= 11 is 7.70. The van der Waals surface area contributed by atoms with Crippen molar-refractivity contribution in [3.05, 3.63) is 57.2 Å². The lowest BCUT2D eigenvalue weighted by Crippen LogP contribution is -2.11. The van der Waals surface area contributed by atoms with E-state index in [0.717, 1.165) is 16.1 Å². The van der Waals surface area contributed by atoms with E-state index in [1.54, 1.807) is 11.3 Å². The third-order valence-electron chi connectivity index (χ3n) is 2.14. The van der Waals surface area contributed by atoms with Gasteiger partial charge in [-0.2, -0.15) is 11.3 Å². The molecule has 1 heterocycles. The average molecular weight is 224 g/mol. The van der Waals surface area contributed by atoms with Gasteiger partial charge < -0.3 is 5.73 Å². The molecule has 14 heavy (non-hydrogen) atoms. The molecule has 0 amide bonds. The standard InChI is InChI=1S/C11H10ClNS/c12-10-4-2-1-3-9(10)11(13)8-5-6-14-7-8/h1-7,11H,13H2/t11-/m0/s1. The first kappa shape index (κ1) is 9.71. The topological polar surface area (TPSA) is 26.0 Å². The van der Waals surface area contributed by atoms with Crippen LogP contribution < -0.4 is 5.73 Å². The molecule has 2 N–H and O–H groups in total. The van der Waals surface area contributed by atoms with Crippen molar-refractivity contribution in [1.29, 1.82) is 0 Å². The largest absolute Gasteiger partial charge is 0.320 e. The monoisotopic (exact) mass is 223 g/mol. The van der Waals surface area contributed by atoms with E-state index >= 15 is 0 Å². The molecule has 0 fully saturated rings. The first-order valence-electron chi connectivity index (χ1n) is 4.31. The van der Waals surface area contributed by atoms with Crippen molar-refractivity contribution in [3.63, 3.8) is 0 Å². The molecule has 0 aliphatic carbocycles. The van der Waals surface area contributed by atoms with E-state index in [-0.39, 0.29) is 6.04 Å². The Labute approximate surface area is 92.1 Å². The molecule has 0 saturated carbocycles. The highest BCUT2D eigenvalue weighted by Gasteiger charge is 2.11. The van der Waals surface area contributed by atoms with Crippen molar-refractivity contribution >= 4 is 22.9 Å². The van der Waals surface area contributed by atoms with E-state index < -0.39 is 0 Å². The highest BCUT2D eigenvalue weighted by atomic mass is 35.5. The van der Waals surface area contributed by atoms with E-state index in [2.05, 4.69) is 0 Å². The number of thiophene rings is 1. The molecule has 0 unspecified atom stereocenters. The van der Waals surface area contributed by atoms with Crippen LogP contribution in [-0.2, 0) is 0 Å². The van der Waals surface area contributed by atoms with Gasteiger partial charge in [-0.1, -0.05) is 29.8 Å². The zero-order valence-corrected chi connectivity index (χ0v) is 9.05. The maximum atomic E-state index is 6.08. The molecule has 0 aliphatic heterocycles. The predicted molar refractivity (Wildman–Crippen MR) is 61.8 cm³/mol. The van der Waals surface area contributed by atoms with Crippen molar-refractivity contribution in [2.75, 3.05) is 0 Å². The van der Waals surface area contributed by atoms with Crippen LogP contribution in [0.5, 0.6) is 0 Å². The van der Waals surface area contributed by atoms with Gasteiger partial charge in [-0.25, -0.2) is 0 Å². The second-order valence-corrected chi connectivity index (χ2v) is 4.24.